The van der Waals surface area contributed by atoms with Gasteiger partial charge < -0.3 is 5.32 Å². The van der Waals surface area contributed by atoms with Gasteiger partial charge in [-0.2, -0.15) is 0 Å². The summed E-state index contributed by atoms with van der Waals surface area (Å²) in [6.45, 7) is 6.11. The van der Waals surface area contributed by atoms with Gasteiger partial charge in [-0.05, 0) is 52.1 Å². The molecule has 0 aromatic carbocycles. The predicted octanol–water partition coefficient (Wildman–Crippen LogP) is 0.704. The van der Waals surface area contributed by atoms with Gasteiger partial charge in [0.05, 0.1) is 5.25 Å². The van der Waals surface area contributed by atoms with Gasteiger partial charge in [0.1, 0.15) is 0 Å². The zero-order valence-electron chi connectivity index (χ0n) is 9.62. The van der Waals surface area contributed by atoms with Crippen LogP contribution in [0.4, 0.5) is 0 Å². The molecule has 0 saturated carbocycles. The van der Waals surface area contributed by atoms with Crippen LogP contribution >= 0.6 is 0 Å². The highest BCUT2D eigenvalue weighted by molar-refractivity contribution is 7.90. The topological polar surface area (TPSA) is 58.2 Å². The van der Waals surface area contributed by atoms with Crippen LogP contribution in [0.3, 0.4) is 0 Å². The summed E-state index contributed by atoms with van der Waals surface area (Å²) < 4.78 is 25.5. The number of hydrogen-bond donors (Lipinski definition) is 2. The van der Waals surface area contributed by atoms with Crippen molar-refractivity contribution in [2.75, 3.05) is 19.6 Å². The Kier molecular flexibility index (Phi) is 5.02. The van der Waals surface area contributed by atoms with Crippen molar-refractivity contribution < 1.29 is 8.42 Å². The second-order valence-corrected chi connectivity index (χ2v) is 6.81. The average Bonchev–Trinajstić information content (AvgIpc) is 2.19. The van der Waals surface area contributed by atoms with Crippen molar-refractivity contribution in [2.45, 2.75) is 38.4 Å². The molecule has 0 radical (unpaired) electrons. The average molecular weight is 234 g/mol. The molecule has 1 unspecified atom stereocenters. The van der Waals surface area contributed by atoms with Crippen LogP contribution in [0.2, 0.25) is 0 Å². The van der Waals surface area contributed by atoms with Gasteiger partial charge in [0.15, 0.2) is 0 Å². The second-order valence-electron chi connectivity index (χ2n) is 4.49. The molecule has 1 heterocycles. The lowest BCUT2D eigenvalue weighted by Gasteiger charge is -2.22. The molecular weight excluding hydrogens is 212 g/mol. The van der Waals surface area contributed by atoms with Crippen molar-refractivity contribution in [3.05, 3.63) is 0 Å². The number of rotatable bonds is 5. The largest absolute Gasteiger partial charge is 0.316 e. The summed E-state index contributed by atoms with van der Waals surface area (Å²) in [5, 5.41) is 3.00. The molecule has 2 N–H and O–H groups in total. The maximum absolute atomic E-state index is 11.4. The summed E-state index contributed by atoms with van der Waals surface area (Å²) in [6, 6.07) is 0. The first-order chi connectivity index (χ1) is 7.02. The van der Waals surface area contributed by atoms with Gasteiger partial charge in [0, 0.05) is 6.54 Å². The Morgan fingerprint density at radius 1 is 1.47 bits per heavy atom. The first-order valence-electron chi connectivity index (χ1n) is 5.71. The summed E-state index contributed by atoms with van der Waals surface area (Å²) >= 11 is 0. The van der Waals surface area contributed by atoms with Crippen LogP contribution in [0.15, 0.2) is 0 Å². The van der Waals surface area contributed by atoms with E-state index in [9.17, 15) is 8.42 Å². The van der Waals surface area contributed by atoms with Gasteiger partial charge in [-0.3, -0.25) is 0 Å². The van der Waals surface area contributed by atoms with E-state index in [4.69, 9.17) is 0 Å². The van der Waals surface area contributed by atoms with E-state index >= 15 is 0 Å². The van der Waals surface area contributed by atoms with E-state index in [-0.39, 0.29) is 5.25 Å². The highest BCUT2D eigenvalue weighted by Crippen LogP contribution is 2.13. The molecule has 0 bridgehead atoms. The molecule has 4 nitrogen and oxygen atoms in total. The molecule has 0 aromatic rings. The van der Waals surface area contributed by atoms with Gasteiger partial charge >= 0.3 is 0 Å². The molecule has 0 spiro atoms. The molecule has 1 aliphatic heterocycles. The minimum atomic E-state index is -3.07. The Labute approximate surface area is 92.9 Å². The van der Waals surface area contributed by atoms with E-state index in [0.29, 0.717) is 12.5 Å². The van der Waals surface area contributed by atoms with E-state index in [1.54, 1.807) is 13.8 Å². The highest BCUT2D eigenvalue weighted by Gasteiger charge is 2.17. The summed E-state index contributed by atoms with van der Waals surface area (Å²) in [4.78, 5) is 0. The Hall–Kier alpha value is -0.130. The molecule has 15 heavy (non-hydrogen) atoms. The van der Waals surface area contributed by atoms with Crippen LogP contribution in [0.5, 0.6) is 0 Å². The van der Waals surface area contributed by atoms with Gasteiger partial charge in [0.25, 0.3) is 0 Å². The SMILES string of the molecule is CC(C)S(=O)(=O)NCCC1CCCNC1. The zero-order valence-corrected chi connectivity index (χ0v) is 10.4. The number of piperidine rings is 1. The third kappa shape index (κ3) is 4.49. The monoisotopic (exact) mass is 234 g/mol. The standard InChI is InChI=1S/C10H22N2O2S/c1-9(2)15(13,14)12-7-5-10-4-3-6-11-8-10/h9-12H,3-8H2,1-2H3. The Morgan fingerprint density at radius 3 is 2.73 bits per heavy atom. The first-order valence-corrected chi connectivity index (χ1v) is 7.26. The van der Waals surface area contributed by atoms with Gasteiger partial charge in [0.2, 0.25) is 10.0 Å². The Morgan fingerprint density at radius 2 is 2.20 bits per heavy atom. The Bertz CT molecular complexity index is 269. The van der Waals surface area contributed by atoms with Crippen molar-refractivity contribution in [1.82, 2.24) is 10.0 Å². The molecule has 90 valence electrons. The molecule has 1 saturated heterocycles. The van der Waals surface area contributed by atoms with E-state index in [1.165, 1.54) is 12.8 Å². The van der Waals surface area contributed by atoms with Crippen LogP contribution in [0, 0.1) is 5.92 Å². The third-order valence-electron chi connectivity index (χ3n) is 2.88. The van der Waals surface area contributed by atoms with Crippen LogP contribution < -0.4 is 10.0 Å². The van der Waals surface area contributed by atoms with Crippen LogP contribution in [0.1, 0.15) is 33.1 Å². The molecule has 1 atom stereocenters. The lowest BCUT2D eigenvalue weighted by molar-refractivity contribution is 0.358. The molecule has 1 fully saturated rings. The fourth-order valence-electron chi connectivity index (χ4n) is 1.74. The first kappa shape index (κ1) is 12.9. The lowest BCUT2D eigenvalue weighted by atomic mass is 9.96. The number of hydrogen-bond acceptors (Lipinski definition) is 3. The van der Waals surface area contributed by atoms with Crippen LogP contribution in [-0.4, -0.2) is 33.3 Å². The van der Waals surface area contributed by atoms with E-state index in [0.717, 1.165) is 19.5 Å². The van der Waals surface area contributed by atoms with Gasteiger partial charge in [-0.1, -0.05) is 0 Å². The lowest BCUT2D eigenvalue weighted by Crippen LogP contribution is -2.35. The van der Waals surface area contributed by atoms with Crippen LogP contribution in [0.25, 0.3) is 0 Å². The predicted molar refractivity (Wildman–Crippen MR) is 62.3 cm³/mol. The minimum absolute atomic E-state index is 0.331. The van der Waals surface area contributed by atoms with Crippen molar-refractivity contribution in [1.29, 1.82) is 0 Å². The number of nitrogens with one attached hydrogen (secondary N) is 2. The summed E-state index contributed by atoms with van der Waals surface area (Å²) in [5.74, 6) is 0.633. The van der Waals surface area contributed by atoms with Crippen LogP contribution in [-0.2, 0) is 10.0 Å². The van der Waals surface area contributed by atoms with E-state index in [2.05, 4.69) is 10.0 Å². The Balaban J connectivity index is 2.20. The summed E-state index contributed by atoms with van der Waals surface area (Å²) in [6.07, 6.45) is 3.37. The molecule has 1 rings (SSSR count). The molecular formula is C10H22N2O2S. The normalized spacial score (nSPS) is 23.3. The molecule has 0 aliphatic carbocycles. The maximum Gasteiger partial charge on any atom is 0.213 e. The maximum atomic E-state index is 11.4. The minimum Gasteiger partial charge on any atom is -0.316 e. The quantitative estimate of drug-likeness (QED) is 0.736. The summed E-state index contributed by atoms with van der Waals surface area (Å²) in [7, 11) is -3.07. The molecule has 1 aliphatic rings. The number of sulfonamides is 1. The van der Waals surface area contributed by atoms with Gasteiger partial charge in [-0.25, -0.2) is 13.1 Å². The van der Waals surface area contributed by atoms with Crippen molar-refractivity contribution >= 4 is 10.0 Å². The zero-order chi connectivity index (χ0) is 11.3. The third-order valence-corrected chi connectivity index (χ3v) is 4.72. The van der Waals surface area contributed by atoms with Crippen molar-refractivity contribution in [2.24, 2.45) is 5.92 Å². The fourth-order valence-corrected chi connectivity index (χ4v) is 2.48. The van der Waals surface area contributed by atoms with E-state index in [1.807, 2.05) is 0 Å². The fraction of sp³-hybridized carbons (Fsp3) is 1.00. The smallest absolute Gasteiger partial charge is 0.213 e. The molecule has 0 aromatic heterocycles. The van der Waals surface area contributed by atoms with Crippen molar-refractivity contribution in [3.63, 3.8) is 0 Å². The van der Waals surface area contributed by atoms with E-state index < -0.39 is 10.0 Å². The van der Waals surface area contributed by atoms with Crippen molar-refractivity contribution in [3.8, 4) is 0 Å². The highest BCUT2D eigenvalue weighted by atomic mass is 32.2. The van der Waals surface area contributed by atoms with Gasteiger partial charge in [-0.15, -0.1) is 0 Å². The second kappa shape index (κ2) is 5.82. The molecule has 0 amide bonds. The summed E-state index contributed by atoms with van der Waals surface area (Å²) in [5.41, 5.74) is 0. The molecule has 5 heteroatoms.